The lowest BCUT2D eigenvalue weighted by Crippen LogP contribution is -2.37. The lowest BCUT2D eigenvalue weighted by molar-refractivity contribution is -0.149. The Morgan fingerprint density at radius 1 is 1.35 bits per heavy atom. The molecule has 1 aromatic heterocycles. The van der Waals surface area contributed by atoms with E-state index in [1.807, 2.05) is 24.3 Å². The number of carboxylic acids is 1. The second kappa shape index (κ2) is 4.86. The first-order valence-corrected chi connectivity index (χ1v) is 7.30. The Kier molecular flexibility index (Phi) is 3.17. The highest BCUT2D eigenvalue weighted by atomic mass is 32.1. The van der Waals surface area contributed by atoms with E-state index in [1.54, 1.807) is 11.3 Å². The standard InChI is InChI=1S/C14H14N2O3S/c17-12(14(6-7-14)13(18)19)15-8-5-11-16-9-3-1-2-4-10(9)20-11/h1-4H,5-8H2,(H,15,17)(H,18,19). The van der Waals surface area contributed by atoms with E-state index in [1.165, 1.54) is 0 Å². The summed E-state index contributed by atoms with van der Waals surface area (Å²) >= 11 is 1.60. The minimum atomic E-state index is -1.16. The van der Waals surface area contributed by atoms with Crippen LogP contribution in [0.15, 0.2) is 24.3 Å². The summed E-state index contributed by atoms with van der Waals surface area (Å²) in [6.45, 7) is 0.424. The van der Waals surface area contributed by atoms with Crippen molar-refractivity contribution in [2.24, 2.45) is 5.41 Å². The minimum absolute atomic E-state index is 0.369. The van der Waals surface area contributed by atoms with E-state index in [9.17, 15) is 9.59 Å². The number of hydrogen-bond donors (Lipinski definition) is 2. The first-order valence-electron chi connectivity index (χ1n) is 6.48. The Labute approximate surface area is 119 Å². The summed E-state index contributed by atoms with van der Waals surface area (Å²) in [6, 6.07) is 7.88. The van der Waals surface area contributed by atoms with Crippen LogP contribution in [0, 0.1) is 5.41 Å². The molecule has 1 aliphatic rings. The first kappa shape index (κ1) is 13.1. The smallest absolute Gasteiger partial charge is 0.319 e. The Morgan fingerprint density at radius 2 is 2.10 bits per heavy atom. The second-order valence-corrected chi connectivity index (χ2v) is 6.08. The van der Waals surface area contributed by atoms with Gasteiger partial charge in [0.05, 0.1) is 15.2 Å². The highest BCUT2D eigenvalue weighted by molar-refractivity contribution is 7.18. The molecule has 3 rings (SSSR count). The number of benzene rings is 1. The molecule has 104 valence electrons. The van der Waals surface area contributed by atoms with Crippen molar-refractivity contribution in [1.29, 1.82) is 0 Å². The van der Waals surface area contributed by atoms with Crippen LogP contribution in [0.2, 0.25) is 0 Å². The molecule has 1 heterocycles. The number of hydrogen-bond acceptors (Lipinski definition) is 4. The van der Waals surface area contributed by atoms with Crippen molar-refractivity contribution in [3.05, 3.63) is 29.3 Å². The molecular formula is C14H14N2O3S. The maximum atomic E-state index is 11.8. The molecular weight excluding hydrogens is 276 g/mol. The number of amides is 1. The van der Waals surface area contributed by atoms with Crippen molar-refractivity contribution in [1.82, 2.24) is 10.3 Å². The molecule has 2 aromatic rings. The molecule has 1 aliphatic carbocycles. The zero-order valence-electron chi connectivity index (χ0n) is 10.8. The SMILES string of the molecule is O=C(O)C1(C(=O)NCCc2nc3ccccc3s2)CC1. The number of nitrogens with zero attached hydrogens (tertiary/aromatic N) is 1. The van der Waals surface area contributed by atoms with Gasteiger partial charge in [0.25, 0.3) is 0 Å². The summed E-state index contributed by atoms with van der Waals surface area (Å²) in [4.78, 5) is 27.3. The van der Waals surface area contributed by atoms with Crippen LogP contribution in [0.25, 0.3) is 10.2 Å². The van der Waals surface area contributed by atoms with E-state index in [-0.39, 0.29) is 5.91 Å². The number of carbonyl (C=O) groups excluding carboxylic acids is 1. The van der Waals surface area contributed by atoms with E-state index in [0.29, 0.717) is 25.8 Å². The largest absolute Gasteiger partial charge is 0.480 e. The van der Waals surface area contributed by atoms with Gasteiger partial charge in [0, 0.05) is 13.0 Å². The molecule has 0 aliphatic heterocycles. The molecule has 1 saturated carbocycles. The van der Waals surface area contributed by atoms with Crippen molar-refractivity contribution in [2.75, 3.05) is 6.54 Å². The van der Waals surface area contributed by atoms with Gasteiger partial charge in [0.1, 0.15) is 5.41 Å². The third kappa shape index (κ3) is 2.27. The molecule has 5 nitrogen and oxygen atoms in total. The molecule has 1 fully saturated rings. The monoisotopic (exact) mass is 290 g/mol. The van der Waals surface area contributed by atoms with Gasteiger partial charge >= 0.3 is 5.97 Å². The quantitative estimate of drug-likeness (QED) is 0.823. The van der Waals surface area contributed by atoms with Crippen LogP contribution < -0.4 is 5.32 Å². The molecule has 20 heavy (non-hydrogen) atoms. The topological polar surface area (TPSA) is 79.3 Å². The lowest BCUT2D eigenvalue weighted by Gasteiger charge is -2.09. The highest BCUT2D eigenvalue weighted by Gasteiger charge is 2.56. The van der Waals surface area contributed by atoms with Crippen LogP contribution in [0.5, 0.6) is 0 Å². The highest BCUT2D eigenvalue weighted by Crippen LogP contribution is 2.46. The number of para-hydroxylation sites is 1. The van der Waals surface area contributed by atoms with Gasteiger partial charge in [0.2, 0.25) is 5.91 Å². The fourth-order valence-corrected chi connectivity index (χ4v) is 3.11. The van der Waals surface area contributed by atoms with Crippen molar-refractivity contribution >= 4 is 33.4 Å². The van der Waals surface area contributed by atoms with E-state index < -0.39 is 11.4 Å². The molecule has 2 N–H and O–H groups in total. The van der Waals surface area contributed by atoms with Crippen LogP contribution in [-0.4, -0.2) is 28.5 Å². The maximum Gasteiger partial charge on any atom is 0.319 e. The zero-order chi connectivity index (χ0) is 14.2. The van der Waals surface area contributed by atoms with E-state index in [0.717, 1.165) is 15.2 Å². The number of nitrogens with one attached hydrogen (secondary N) is 1. The van der Waals surface area contributed by atoms with E-state index >= 15 is 0 Å². The van der Waals surface area contributed by atoms with E-state index in [2.05, 4.69) is 10.3 Å². The Bertz CT molecular complexity index is 643. The molecule has 1 amide bonds. The van der Waals surface area contributed by atoms with Gasteiger partial charge in [-0.3, -0.25) is 9.59 Å². The summed E-state index contributed by atoms with van der Waals surface area (Å²) in [7, 11) is 0. The lowest BCUT2D eigenvalue weighted by atomic mass is 10.1. The van der Waals surface area contributed by atoms with Crippen molar-refractivity contribution in [3.8, 4) is 0 Å². The van der Waals surface area contributed by atoms with E-state index in [4.69, 9.17) is 5.11 Å². The Balaban J connectivity index is 1.57. The predicted octanol–water partition coefficient (Wildman–Crippen LogP) is 1.82. The Hall–Kier alpha value is -1.95. The second-order valence-electron chi connectivity index (χ2n) is 4.97. The number of fused-ring (bicyclic) bond motifs is 1. The van der Waals surface area contributed by atoms with Crippen molar-refractivity contribution < 1.29 is 14.7 Å². The number of carbonyl (C=O) groups is 2. The molecule has 0 atom stereocenters. The zero-order valence-corrected chi connectivity index (χ0v) is 11.6. The maximum absolute atomic E-state index is 11.8. The molecule has 0 bridgehead atoms. The number of aromatic nitrogens is 1. The molecule has 0 spiro atoms. The van der Waals surface area contributed by atoms with Gasteiger partial charge in [-0.15, -0.1) is 11.3 Å². The van der Waals surface area contributed by atoms with Crippen LogP contribution >= 0.6 is 11.3 Å². The molecule has 0 unspecified atom stereocenters. The summed E-state index contributed by atoms with van der Waals surface area (Å²) in [5, 5.41) is 12.7. The third-order valence-electron chi connectivity index (χ3n) is 3.56. The van der Waals surface area contributed by atoms with Gasteiger partial charge in [-0.2, -0.15) is 0 Å². The first-order chi connectivity index (χ1) is 9.62. The predicted molar refractivity (Wildman–Crippen MR) is 75.6 cm³/mol. The van der Waals surface area contributed by atoms with Gasteiger partial charge in [-0.1, -0.05) is 12.1 Å². The molecule has 0 saturated heterocycles. The molecule has 1 aromatic carbocycles. The molecule has 6 heteroatoms. The Morgan fingerprint density at radius 3 is 2.75 bits per heavy atom. The van der Waals surface area contributed by atoms with Crippen molar-refractivity contribution in [3.63, 3.8) is 0 Å². The fourth-order valence-electron chi connectivity index (χ4n) is 2.14. The summed E-state index contributed by atoms with van der Waals surface area (Å²) < 4.78 is 1.12. The average Bonchev–Trinajstić information content (AvgIpc) is 3.14. The summed E-state index contributed by atoms with van der Waals surface area (Å²) in [5.74, 6) is -1.39. The summed E-state index contributed by atoms with van der Waals surface area (Å²) in [5.41, 5.74) is -0.198. The number of carboxylic acid groups (broad SMARTS) is 1. The molecule has 0 radical (unpaired) electrons. The minimum Gasteiger partial charge on any atom is -0.480 e. The average molecular weight is 290 g/mol. The fraction of sp³-hybridized carbons (Fsp3) is 0.357. The van der Waals surface area contributed by atoms with Crippen LogP contribution in [0.4, 0.5) is 0 Å². The third-order valence-corrected chi connectivity index (χ3v) is 4.65. The normalized spacial score (nSPS) is 16.0. The van der Waals surface area contributed by atoms with Crippen molar-refractivity contribution in [2.45, 2.75) is 19.3 Å². The van der Waals surface area contributed by atoms with Gasteiger partial charge in [-0.25, -0.2) is 4.98 Å². The number of aliphatic carboxylic acids is 1. The van der Waals surface area contributed by atoms with Gasteiger partial charge in [-0.05, 0) is 25.0 Å². The number of rotatable bonds is 5. The van der Waals surface area contributed by atoms with Crippen LogP contribution in [0.1, 0.15) is 17.8 Å². The van der Waals surface area contributed by atoms with Gasteiger partial charge < -0.3 is 10.4 Å². The summed E-state index contributed by atoms with van der Waals surface area (Å²) in [6.07, 6.45) is 1.51. The van der Waals surface area contributed by atoms with Gasteiger partial charge in [0.15, 0.2) is 0 Å². The van der Waals surface area contributed by atoms with Crippen LogP contribution in [-0.2, 0) is 16.0 Å². The number of thiazole rings is 1. The van der Waals surface area contributed by atoms with Crippen LogP contribution in [0.3, 0.4) is 0 Å².